The number of carboxylic acids is 1. The number of hydrogen-bond acceptors (Lipinski definition) is 4. The van der Waals surface area contributed by atoms with Gasteiger partial charge in [0.2, 0.25) is 5.12 Å². The van der Waals surface area contributed by atoms with Gasteiger partial charge in [-0.25, -0.2) is 0 Å². The molecule has 1 unspecified atom stereocenters. The molecule has 6 heteroatoms. The first-order valence-electron chi connectivity index (χ1n) is 2.86. The van der Waals surface area contributed by atoms with Crippen molar-refractivity contribution in [2.75, 3.05) is 12.3 Å². The molecule has 0 saturated carbocycles. The molecule has 0 rings (SSSR count). The normalized spacial score (nSPS) is 12.5. The summed E-state index contributed by atoms with van der Waals surface area (Å²) < 4.78 is 0. The standard InChI is InChI=1S/C5H9NO3S2/c7-4(8)1-6-3(2-10)5(9)11/h3,6,10H,1-2H2,(H,7,8)(H,9,11). The lowest BCUT2D eigenvalue weighted by Gasteiger charge is -2.09. The summed E-state index contributed by atoms with van der Waals surface area (Å²) in [6.07, 6.45) is 0. The lowest BCUT2D eigenvalue weighted by atomic mass is 10.4. The van der Waals surface area contributed by atoms with E-state index in [0.29, 0.717) is 0 Å². The molecule has 0 aromatic carbocycles. The van der Waals surface area contributed by atoms with Crippen LogP contribution in [0.2, 0.25) is 0 Å². The van der Waals surface area contributed by atoms with E-state index in [9.17, 15) is 9.59 Å². The highest BCUT2D eigenvalue weighted by Gasteiger charge is 2.12. The maximum Gasteiger partial charge on any atom is 0.317 e. The number of thiol groups is 2. The lowest BCUT2D eigenvalue weighted by Crippen LogP contribution is -2.39. The highest BCUT2D eigenvalue weighted by molar-refractivity contribution is 7.96. The van der Waals surface area contributed by atoms with Gasteiger partial charge in [-0.15, -0.1) is 12.6 Å². The van der Waals surface area contributed by atoms with E-state index < -0.39 is 17.1 Å². The van der Waals surface area contributed by atoms with E-state index in [-0.39, 0.29) is 12.3 Å². The van der Waals surface area contributed by atoms with Crippen molar-refractivity contribution >= 4 is 36.3 Å². The highest BCUT2D eigenvalue weighted by atomic mass is 32.1. The van der Waals surface area contributed by atoms with Gasteiger partial charge in [0.25, 0.3) is 0 Å². The molecule has 0 aliphatic heterocycles. The fourth-order valence-electron chi connectivity index (χ4n) is 0.440. The molecular weight excluding hydrogens is 186 g/mol. The fourth-order valence-corrected chi connectivity index (χ4v) is 1.06. The summed E-state index contributed by atoms with van der Waals surface area (Å²) in [5.74, 6) is -0.762. The van der Waals surface area contributed by atoms with Crippen LogP contribution in [0.25, 0.3) is 0 Å². The van der Waals surface area contributed by atoms with Crippen molar-refractivity contribution in [1.29, 1.82) is 0 Å². The van der Waals surface area contributed by atoms with E-state index in [1.54, 1.807) is 0 Å². The smallest absolute Gasteiger partial charge is 0.317 e. The van der Waals surface area contributed by atoms with Crippen LogP contribution in [-0.2, 0) is 9.59 Å². The Morgan fingerprint density at radius 2 is 2.09 bits per heavy atom. The van der Waals surface area contributed by atoms with Crippen molar-refractivity contribution < 1.29 is 14.7 Å². The van der Waals surface area contributed by atoms with Gasteiger partial charge in [-0.05, 0) is 0 Å². The van der Waals surface area contributed by atoms with E-state index in [2.05, 4.69) is 30.6 Å². The summed E-state index contributed by atoms with van der Waals surface area (Å²) in [7, 11) is 0. The topological polar surface area (TPSA) is 66.4 Å². The predicted molar refractivity (Wildman–Crippen MR) is 47.3 cm³/mol. The van der Waals surface area contributed by atoms with Gasteiger partial charge in [0.1, 0.15) is 0 Å². The largest absolute Gasteiger partial charge is 0.480 e. The van der Waals surface area contributed by atoms with E-state index in [0.717, 1.165) is 0 Å². The van der Waals surface area contributed by atoms with Crippen LogP contribution >= 0.6 is 25.3 Å². The van der Waals surface area contributed by atoms with E-state index in [1.165, 1.54) is 0 Å². The minimum absolute atomic E-state index is 0.246. The van der Waals surface area contributed by atoms with Crippen molar-refractivity contribution in [2.24, 2.45) is 0 Å². The molecule has 0 aromatic rings. The molecule has 0 heterocycles. The van der Waals surface area contributed by atoms with Gasteiger partial charge in [0.05, 0.1) is 12.6 Å². The molecule has 0 amide bonds. The number of carboxylic acid groups (broad SMARTS) is 1. The van der Waals surface area contributed by atoms with Crippen molar-refractivity contribution in [3.63, 3.8) is 0 Å². The zero-order valence-electron chi connectivity index (χ0n) is 5.65. The van der Waals surface area contributed by atoms with E-state index in [1.807, 2.05) is 0 Å². The molecule has 0 saturated heterocycles. The van der Waals surface area contributed by atoms with Crippen molar-refractivity contribution in [3.8, 4) is 0 Å². The van der Waals surface area contributed by atoms with Gasteiger partial charge < -0.3 is 5.11 Å². The van der Waals surface area contributed by atoms with Gasteiger partial charge in [-0.1, -0.05) is 0 Å². The quantitative estimate of drug-likeness (QED) is 0.443. The van der Waals surface area contributed by atoms with Crippen LogP contribution in [0.15, 0.2) is 0 Å². The SMILES string of the molecule is O=C(O)CNC(CS)C(=O)S. The molecule has 2 N–H and O–H groups in total. The Morgan fingerprint density at radius 3 is 2.36 bits per heavy atom. The van der Waals surface area contributed by atoms with Crippen LogP contribution in [0, 0.1) is 0 Å². The molecule has 4 nitrogen and oxygen atoms in total. The van der Waals surface area contributed by atoms with Crippen LogP contribution in [0.5, 0.6) is 0 Å². The van der Waals surface area contributed by atoms with Crippen LogP contribution in [0.1, 0.15) is 0 Å². The van der Waals surface area contributed by atoms with Gasteiger partial charge in [-0.3, -0.25) is 14.9 Å². The summed E-state index contributed by atoms with van der Waals surface area (Å²) in [5, 5.41) is 10.3. The second-order valence-electron chi connectivity index (χ2n) is 1.85. The molecule has 64 valence electrons. The first-order chi connectivity index (χ1) is 5.07. The highest BCUT2D eigenvalue weighted by Crippen LogP contribution is 1.92. The van der Waals surface area contributed by atoms with E-state index >= 15 is 0 Å². The third-order valence-electron chi connectivity index (χ3n) is 0.980. The minimum atomic E-state index is -1.01. The summed E-state index contributed by atoms with van der Waals surface area (Å²) in [6, 6.07) is -0.585. The second-order valence-corrected chi connectivity index (χ2v) is 2.65. The molecule has 0 fully saturated rings. The Labute approximate surface area is 75.2 Å². The summed E-state index contributed by atoms with van der Waals surface area (Å²) in [6.45, 7) is -0.252. The first kappa shape index (κ1) is 10.8. The first-order valence-corrected chi connectivity index (χ1v) is 3.94. The number of hydrogen-bond donors (Lipinski definition) is 4. The average molecular weight is 195 g/mol. The van der Waals surface area contributed by atoms with Crippen molar-refractivity contribution in [3.05, 3.63) is 0 Å². The zero-order chi connectivity index (χ0) is 8.85. The Morgan fingerprint density at radius 1 is 1.55 bits per heavy atom. The monoisotopic (exact) mass is 195 g/mol. The maximum atomic E-state index is 10.5. The Kier molecular flexibility index (Phi) is 5.35. The molecule has 0 aromatic heterocycles. The second kappa shape index (κ2) is 5.45. The Balaban J connectivity index is 3.70. The lowest BCUT2D eigenvalue weighted by molar-refractivity contribution is -0.136. The van der Waals surface area contributed by atoms with Crippen LogP contribution < -0.4 is 5.32 Å². The predicted octanol–water partition coefficient (Wildman–Crippen LogP) is -0.585. The summed E-state index contributed by atoms with van der Waals surface area (Å²) in [5.41, 5.74) is 0. The van der Waals surface area contributed by atoms with Crippen molar-refractivity contribution in [2.45, 2.75) is 6.04 Å². The van der Waals surface area contributed by atoms with Gasteiger partial charge in [0, 0.05) is 5.75 Å². The minimum Gasteiger partial charge on any atom is -0.480 e. The number of rotatable bonds is 5. The molecule has 0 aliphatic rings. The molecule has 0 radical (unpaired) electrons. The average Bonchev–Trinajstić information content (AvgIpc) is 1.87. The van der Waals surface area contributed by atoms with Gasteiger partial charge >= 0.3 is 5.97 Å². The Hall–Kier alpha value is -0.200. The zero-order valence-corrected chi connectivity index (χ0v) is 7.44. The molecule has 1 atom stereocenters. The van der Waals surface area contributed by atoms with Crippen LogP contribution in [0.4, 0.5) is 0 Å². The maximum absolute atomic E-state index is 10.5. The van der Waals surface area contributed by atoms with Gasteiger partial charge in [0.15, 0.2) is 0 Å². The third kappa shape index (κ3) is 5.11. The Bertz CT molecular complexity index is 162. The number of aliphatic carboxylic acids is 1. The molecule has 0 bridgehead atoms. The van der Waals surface area contributed by atoms with Crippen LogP contribution in [0.3, 0.4) is 0 Å². The molecule has 0 aliphatic carbocycles. The van der Waals surface area contributed by atoms with Crippen molar-refractivity contribution in [1.82, 2.24) is 5.32 Å². The number of nitrogens with one attached hydrogen (secondary N) is 1. The molecule has 11 heavy (non-hydrogen) atoms. The molecular formula is C5H9NO3S2. The number of carbonyl (C=O) groups is 2. The fraction of sp³-hybridized carbons (Fsp3) is 0.600. The summed E-state index contributed by atoms with van der Waals surface area (Å²) in [4.78, 5) is 20.6. The van der Waals surface area contributed by atoms with Crippen LogP contribution in [-0.4, -0.2) is 34.5 Å². The van der Waals surface area contributed by atoms with Gasteiger partial charge in [-0.2, -0.15) is 12.6 Å². The third-order valence-corrected chi connectivity index (χ3v) is 1.66. The molecule has 0 spiro atoms. The van der Waals surface area contributed by atoms with E-state index in [4.69, 9.17) is 5.11 Å². The number of carbonyl (C=O) groups excluding carboxylic acids is 1. The summed E-state index contributed by atoms with van der Waals surface area (Å²) >= 11 is 7.36.